The highest BCUT2D eigenvalue weighted by Gasteiger charge is 2.29. The Labute approximate surface area is 137 Å². The second kappa shape index (κ2) is 5.51. The van der Waals surface area contributed by atoms with E-state index in [4.69, 9.17) is 4.74 Å². The van der Waals surface area contributed by atoms with Gasteiger partial charge in [0.05, 0.1) is 7.11 Å². The lowest BCUT2D eigenvalue weighted by Crippen LogP contribution is -2.13. The minimum absolute atomic E-state index is 0.0984. The van der Waals surface area contributed by atoms with Crippen LogP contribution in [0.5, 0.6) is 11.5 Å². The van der Waals surface area contributed by atoms with E-state index in [1.54, 1.807) is 19.2 Å². The Kier molecular flexibility index (Phi) is 3.34. The van der Waals surface area contributed by atoms with Crippen molar-refractivity contribution in [2.24, 2.45) is 0 Å². The number of nitrogens with one attached hydrogen (secondary N) is 1. The summed E-state index contributed by atoms with van der Waals surface area (Å²) in [5.41, 5.74) is 5.09. The van der Waals surface area contributed by atoms with E-state index in [9.17, 15) is 5.11 Å². The van der Waals surface area contributed by atoms with Crippen LogP contribution in [0.2, 0.25) is 0 Å². The molecule has 0 bridgehead atoms. The number of phenols is 1. The molecule has 0 spiro atoms. The monoisotopic (exact) mass is 326 g/mol. The van der Waals surface area contributed by atoms with Crippen molar-refractivity contribution in [3.05, 3.63) is 54.1 Å². The predicted molar refractivity (Wildman–Crippen MR) is 88.1 cm³/mol. The topological polar surface area (TPSA) is 72.2 Å². The van der Waals surface area contributed by atoms with Gasteiger partial charge < -0.3 is 15.3 Å². The van der Waals surface area contributed by atoms with Gasteiger partial charge in [-0.25, -0.2) is 4.68 Å². The molecule has 1 atom stereocenters. The van der Waals surface area contributed by atoms with Crippen molar-refractivity contribution in [3.8, 4) is 22.9 Å². The summed E-state index contributed by atoms with van der Waals surface area (Å²) in [7, 11) is 1.64. The van der Waals surface area contributed by atoms with Crippen LogP contribution in [0.25, 0.3) is 11.4 Å². The third-order valence-corrected chi connectivity index (χ3v) is 4.74. The standard InChI is InChI=1S/C16H14N4O2S/c1-22-11-8-6-10(7-9-11)14-17-18-16-20(14)19-15(23-16)12-4-2-3-5-13(12)21/h2-9,15,19,21H,1H3/t15-/m1/s1. The van der Waals surface area contributed by atoms with Gasteiger partial charge in [-0.3, -0.25) is 0 Å². The molecule has 6 nitrogen and oxygen atoms in total. The van der Waals surface area contributed by atoms with Crippen molar-refractivity contribution in [1.29, 1.82) is 0 Å². The largest absolute Gasteiger partial charge is 0.508 e. The van der Waals surface area contributed by atoms with E-state index in [-0.39, 0.29) is 11.1 Å². The summed E-state index contributed by atoms with van der Waals surface area (Å²) in [5.74, 6) is 1.79. The first-order valence-corrected chi connectivity index (χ1v) is 7.95. The summed E-state index contributed by atoms with van der Waals surface area (Å²) < 4.78 is 7.03. The molecule has 3 aromatic rings. The van der Waals surface area contributed by atoms with Crippen molar-refractivity contribution < 1.29 is 9.84 Å². The summed E-state index contributed by atoms with van der Waals surface area (Å²) in [6.45, 7) is 0. The number of nitrogens with zero attached hydrogens (tertiary/aromatic N) is 3. The number of hydrogen-bond donors (Lipinski definition) is 2. The van der Waals surface area contributed by atoms with Crippen LogP contribution in [0, 0.1) is 0 Å². The lowest BCUT2D eigenvalue weighted by Gasteiger charge is -2.13. The van der Waals surface area contributed by atoms with E-state index < -0.39 is 0 Å². The zero-order chi connectivity index (χ0) is 15.8. The molecule has 0 radical (unpaired) electrons. The Bertz CT molecular complexity index is 848. The molecule has 0 saturated carbocycles. The molecule has 0 amide bonds. The van der Waals surface area contributed by atoms with Gasteiger partial charge in [-0.1, -0.05) is 30.0 Å². The smallest absolute Gasteiger partial charge is 0.212 e. The van der Waals surface area contributed by atoms with Gasteiger partial charge in [0.2, 0.25) is 5.16 Å². The first-order chi connectivity index (χ1) is 11.3. The maximum Gasteiger partial charge on any atom is 0.212 e. The van der Waals surface area contributed by atoms with Crippen LogP contribution in [0.1, 0.15) is 10.9 Å². The van der Waals surface area contributed by atoms with E-state index in [0.29, 0.717) is 0 Å². The van der Waals surface area contributed by atoms with Gasteiger partial charge >= 0.3 is 0 Å². The van der Waals surface area contributed by atoms with Crippen LogP contribution >= 0.6 is 11.8 Å². The third-order valence-electron chi connectivity index (χ3n) is 3.67. The van der Waals surface area contributed by atoms with Crippen molar-refractivity contribution in [2.75, 3.05) is 12.5 Å². The highest BCUT2D eigenvalue weighted by Crippen LogP contribution is 2.42. The van der Waals surface area contributed by atoms with Crippen LogP contribution in [0.15, 0.2) is 53.7 Å². The molecule has 4 rings (SSSR count). The Morgan fingerprint density at radius 2 is 1.91 bits per heavy atom. The van der Waals surface area contributed by atoms with E-state index in [2.05, 4.69) is 15.6 Å². The number of benzene rings is 2. The summed E-state index contributed by atoms with van der Waals surface area (Å²) in [6.07, 6.45) is 0. The maximum absolute atomic E-state index is 10.0. The second-order valence-corrected chi connectivity index (χ2v) is 6.13. The normalized spacial score (nSPS) is 16.0. The molecule has 116 valence electrons. The number of aromatic hydroxyl groups is 1. The highest BCUT2D eigenvalue weighted by atomic mass is 32.2. The number of ether oxygens (including phenoxy) is 1. The molecular formula is C16H14N4O2S. The fourth-order valence-electron chi connectivity index (χ4n) is 2.48. The predicted octanol–water partition coefficient (Wildman–Crippen LogP) is 3.01. The molecule has 1 aromatic heterocycles. The van der Waals surface area contributed by atoms with Crippen LogP contribution < -0.4 is 10.2 Å². The van der Waals surface area contributed by atoms with Gasteiger partial charge in [-0.2, -0.15) is 0 Å². The zero-order valence-electron chi connectivity index (χ0n) is 12.3. The molecule has 0 saturated heterocycles. The number of fused-ring (bicyclic) bond motifs is 1. The Hall–Kier alpha value is -2.67. The summed E-state index contributed by atoms with van der Waals surface area (Å²) in [5, 5.41) is 19.2. The van der Waals surface area contributed by atoms with Crippen molar-refractivity contribution >= 4 is 11.8 Å². The molecule has 2 N–H and O–H groups in total. The first-order valence-electron chi connectivity index (χ1n) is 7.07. The van der Waals surface area contributed by atoms with E-state index in [0.717, 1.165) is 27.9 Å². The minimum atomic E-state index is -0.0984. The fourth-order valence-corrected chi connectivity index (χ4v) is 3.51. The number of methoxy groups -OCH3 is 1. The van der Waals surface area contributed by atoms with Crippen LogP contribution in [0.3, 0.4) is 0 Å². The first kappa shape index (κ1) is 14.0. The van der Waals surface area contributed by atoms with Gasteiger partial charge in [0, 0.05) is 11.1 Å². The van der Waals surface area contributed by atoms with E-state index >= 15 is 0 Å². The minimum Gasteiger partial charge on any atom is -0.508 e. The van der Waals surface area contributed by atoms with Gasteiger partial charge in [-0.05, 0) is 30.3 Å². The molecule has 0 unspecified atom stereocenters. The Balaban J connectivity index is 1.65. The van der Waals surface area contributed by atoms with Crippen molar-refractivity contribution in [3.63, 3.8) is 0 Å². The van der Waals surface area contributed by atoms with Gasteiger partial charge in [0.15, 0.2) is 5.82 Å². The second-order valence-electron chi connectivity index (χ2n) is 5.06. The lowest BCUT2D eigenvalue weighted by molar-refractivity contribution is 0.415. The lowest BCUT2D eigenvalue weighted by atomic mass is 10.2. The highest BCUT2D eigenvalue weighted by molar-refractivity contribution is 7.99. The SMILES string of the molecule is COc1ccc(-c2nnc3n2N[C@@H](c2ccccc2O)S3)cc1. The number of thioether (sulfide) groups is 1. The van der Waals surface area contributed by atoms with Crippen molar-refractivity contribution in [2.45, 2.75) is 10.5 Å². The Morgan fingerprint density at radius 1 is 1.13 bits per heavy atom. The van der Waals surface area contributed by atoms with Crippen LogP contribution in [-0.4, -0.2) is 27.1 Å². The van der Waals surface area contributed by atoms with Crippen molar-refractivity contribution in [1.82, 2.24) is 14.9 Å². The average Bonchev–Trinajstić information content (AvgIpc) is 3.16. The molecule has 2 aromatic carbocycles. The summed E-state index contributed by atoms with van der Waals surface area (Å²) >= 11 is 1.52. The zero-order valence-corrected chi connectivity index (χ0v) is 13.1. The van der Waals surface area contributed by atoms with E-state index in [1.807, 2.05) is 41.1 Å². The number of hydrogen-bond acceptors (Lipinski definition) is 6. The third kappa shape index (κ3) is 2.39. The number of rotatable bonds is 3. The Morgan fingerprint density at radius 3 is 2.65 bits per heavy atom. The quantitative estimate of drug-likeness (QED) is 0.771. The molecule has 23 heavy (non-hydrogen) atoms. The number of aromatic nitrogens is 3. The molecule has 1 aliphatic rings. The molecule has 7 heteroatoms. The summed E-state index contributed by atoms with van der Waals surface area (Å²) in [4.78, 5) is 0. The average molecular weight is 326 g/mol. The number of para-hydroxylation sites is 1. The van der Waals surface area contributed by atoms with Gasteiger partial charge in [-0.15, -0.1) is 10.2 Å². The molecule has 0 aliphatic carbocycles. The molecule has 0 fully saturated rings. The molecule has 1 aliphatic heterocycles. The molecular weight excluding hydrogens is 312 g/mol. The fraction of sp³-hybridized carbons (Fsp3) is 0.125. The maximum atomic E-state index is 10.0. The van der Waals surface area contributed by atoms with Gasteiger partial charge in [0.25, 0.3) is 0 Å². The molecule has 2 heterocycles. The summed E-state index contributed by atoms with van der Waals surface area (Å²) in [6, 6.07) is 14.9. The van der Waals surface area contributed by atoms with E-state index in [1.165, 1.54) is 11.8 Å². The van der Waals surface area contributed by atoms with Crippen LogP contribution in [0.4, 0.5) is 0 Å². The van der Waals surface area contributed by atoms with Crippen LogP contribution in [-0.2, 0) is 0 Å². The number of phenolic OH excluding ortho intramolecular Hbond substituents is 1. The van der Waals surface area contributed by atoms with Gasteiger partial charge in [0.1, 0.15) is 16.9 Å².